The fourth-order valence-electron chi connectivity index (χ4n) is 2.95. The molecule has 1 aromatic rings. The molecule has 1 saturated heterocycles. The number of para-hydroxylation sites is 1. The fraction of sp³-hybridized carbons (Fsp3) is 0.588. The fourth-order valence-corrected chi connectivity index (χ4v) is 2.95. The zero-order valence-corrected chi connectivity index (χ0v) is 13.0. The van der Waals surface area contributed by atoms with Gasteiger partial charge in [0.1, 0.15) is 11.9 Å². The quantitative estimate of drug-likeness (QED) is 0.592. The number of hydrogen-bond acceptors (Lipinski definition) is 5. The molecule has 1 aromatic carbocycles. The minimum absolute atomic E-state index is 0.0177. The van der Waals surface area contributed by atoms with Gasteiger partial charge in [0.15, 0.2) is 0 Å². The Labute approximate surface area is 131 Å². The van der Waals surface area contributed by atoms with E-state index >= 15 is 0 Å². The summed E-state index contributed by atoms with van der Waals surface area (Å²) in [7, 11) is 0. The molecule has 0 unspecified atom stereocenters. The molecule has 0 bridgehead atoms. The Hall–Kier alpha value is -1.59. The lowest BCUT2D eigenvalue weighted by molar-refractivity contribution is -0.160. The molecule has 1 fully saturated rings. The normalized spacial score (nSPS) is 21.6. The average Bonchev–Trinajstić information content (AvgIpc) is 2.51. The summed E-state index contributed by atoms with van der Waals surface area (Å²) in [6.07, 6.45) is 0.709. The van der Waals surface area contributed by atoms with Crippen molar-refractivity contribution in [3.05, 3.63) is 29.8 Å². The van der Waals surface area contributed by atoms with Gasteiger partial charge in [-0.3, -0.25) is 9.69 Å². The average molecular weight is 305 g/mol. The van der Waals surface area contributed by atoms with Crippen molar-refractivity contribution in [3.8, 4) is 5.75 Å². The highest BCUT2D eigenvalue weighted by atomic mass is 16.5. The molecule has 2 aliphatic rings. The molecule has 0 aromatic heterocycles. The Balaban J connectivity index is 1.48. The third-order valence-electron chi connectivity index (χ3n) is 4.21. The van der Waals surface area contributed by atoms with E-state index in [-0.39, 0.29) is 18.0 Å². The summed E-state index contributed by atoms with van der Waals surface area (Å²) >= 11 is 0. The van der Waals surface area contributed by atoms with Crippen molar-refractivity contribution >= 4 is 5.97 Å². The summed E-state index contributed by atoms with van der Waals surface area (Å²) in [4.78, 5) is 14.7. The number of likely N-dealkylation sites (tertiary alicyclic amines) is 1. The molecule has 0 spiro atoms. The number of rotatable bonds is 6. The topological polar surface area (TPSA) is 48.0 Å². The first kappa shape index (κ1) is 15.3. The van der Waals surface area contributed by atoms with Gasteiger partial charge in [-0.1, -0.05) is 18.2 Å². The zero-order valence-electron chi connectivity index (χ0n) is 13.0. The molecule has 0 saturated carbocycles. The van der Waals surface area contributed by atoms with Crippen LogP contribution in [0.25, 0.3) is 0 Å². The van der Waals surface area contributed by atoms with Gasteiger partial charge in [0.25, 0.3) is 0 Å². The molecule has 0 radical (unpaired) electrons. The Morgan fingerprint density at radius 3 is 3.00 bits per heavy atom. The molecule has 22 heavy (non-hydrogen) atoms. The van der Waals surface area contributed by atoms with Crippen LogP contribution in [0, 0.1) is 0 Å². The van der Waals surface area contributed by atoms with Gasteiger partial charge in [-0.25, -0.2) is 0 Å². The van der Waals surface area contributed by atoms with Crippen molar-refractivity contribution in [2.24, 2.45) is 0 Å². The molecule has 0 amide bonds. The first-order chi connectivity index (χ1) is 10.8. The van der Waals surface area contributed by atoms with Crippen LogP contribution >= 0.6 is 0 Å². The number of esters is 1. The standard InChI is InChI=1S/C17H23NO4/c1-2-20-10-8-18-11-13(12-18)22-17(19)15-7-9-21-16-6-4-3-5-14(15)16/h3-6,13,15H,2,7-12H2,1H3/t15-/m1/s1. The summed E-state index contributed by atoms with van der Waals surface area (Å²) in [5.41, 5.74) is 0.950. The smallest absolute Gasteiger partial charge is 0.314 e. The maximum Gasteiger partial charge on any atom is 0.314 e. The molecule has 5 heteroatoms. The van der Waals surface area contributed by atoms with Crippen molar-refractivity contribution in [1.29, 1.82) is 0 Å². The monoisotopic (exact) mass is 305 g/mol. The van der Waals surface area contributed by atoms with Gasteiger partial charge in [-0.05, 0) is 19.4 Å². The number of hydrogen-bond donors (Lipinski definition) is 0. The predicted octanol–water partition coefficient (Wildman–Crippen LogP) is 1.82. The van der Waals surface area contributed by atoms with E-state index in [0.29, 0.717) is 13.0 Å². The third-order valence-corrected chi connectivity index (χ3v) is 4.21. The van der Waals surface area contributed by atoms with E-state index in [0.717, 1.165) is 44.2 Å². The van der Waals surface area contributed by atoms with Crippen molar-refractivity contribution in [1.82, 2.24) is 4.90 Å². The lowest BCUT2D eigenvalue weighted by Crippen LogP contribution is -2.54. The Bertz CT molecular complexity index is 513. The number of fused-ring (bicyclic) bond motifs is 1. The summed E-state index contributed by atoms with van der Waals surface area (Å²) in [5.74, 6) is 0.496. The van der Waals surface area contributed by atoms with Crippen LogP contribution in [0.5, 0.6) is 5.75 Å². The molecule has 2 heterocycles. The van der Waals surface area contributed by atoms with E-state index in [1.54, 1.807) is 0 Å². The zero-order chi connectivity index (χ0) is 15.4. The lowest BCUT2D eigenvalue weighted by atomic mass is 9.93. The Morgan fingerprint density at radius 1 is 1.36 bits per heavy atom. The van der Waals surface area contributed by atoms with Gasteiger partial charge in [0.2, 0.25) is 0 Å². The van der Waals surface area contributed by atoms with Gasteiger partial charge in [-0.15, -0.1) is 0 Å². The summed E-state index contributed by atoms with van der Waals surface area (Å²) in [6, 6.07) is 7.73. The van der Waals surface area contributed by atoms with Gasteiger partial charge in [-0.2, -0.15) is 0 Å². The van der Waals surface area contributed by atoms with E-state index < -0.39 is 0 Å². The summed E-state index contributed by atoms with van der Waals surface area (Å²) in [6.45, 7) is 6.57. The molecule has 0 aliphatic carbocycles. The lowest BCUT2D eigenvalue weighted by Gasteiger charge is -2.39. The highest BCUT2D eigenvalue weighted by Crippen LogP contribution is 2.34. The van der Waals surface area contributed by atoms with Gasteiger partial charge < -0.3 is 14.2 Å². The SMILES string of the molecule is CCOCCN1CC(OC(=O)[C@@H]2CCOc3ccccc32)C1. The van der Waals surface area contributed by atoms with Gasteiger partial charge in [0.05, 0.1) is 19.1 Å². The summed E-state index contributed by atoms with van der Waals surface area (Å²) in [5, 5.41) is 0. The number of nitrogens with zero attached hydrogens (tertiary/aromatic N) is 1. The van der Waals surface area contributed by atoms with Crippen LogP contribution in [0.3, 0.4) is 0 Å². The van der Waals surface area contributed by atoms with E-state index in [9.17, 15) is 4.79 Å². The van der Waals surface area contributed by atoms with E-state index in [4.69, 9.17) is 14.2 Å². The van der Waals surface area contributed by atoms with Crippen LogP contribution in [-0.4, -0.2) is 56.4 Å². The van der Waals surface area contributed by atoms with Crippen LogP contribution < -0.4 is 4.74 Å². The summed E-state index contributed by atoms with van der Waals surface area (Å²) < 4.78 is 16.6. The molecular weight excluding hydrogens is 282 g/mol. The van der Waals surface area contributed by atoms with Crippen molar-refractivity contribution in [2.45, 2.75) is 25.4 Å². The number of benzene rings is 1. The van der Waals surface area contributed by atoms with Crippen LogP contribution in [0.4, 0.5) is 0 Å². The van der Waals surface area contributed by atoms with Crippen molar-refractivity contribution in [2.75, 3.05) is 39.5 Å². The second-order valence-electron chi connectivity index (χ2n) is 5.74. The van der Waals surface area contributed by atoms with Crippen molar-refractivity contribution < 1.29 is 19.0 Å². The first-order valence-corrected chi connectivity index (χ1v) is 8.00. The molecule has 2 aliphatic heterocycles. The first-order valence-electron chi connectivity index (χ1n) is 8.00. The van der Waals surface area contributed by atoms with Crippen LogP contribution in [-0.2, 0) is 14.3 Å². The van der Waals surface area contributed by atoms with E-state index in [2.05, 4.69) is 4.90 Å². The van der Waals surface area contributed by atoms with Crippen LogP contribution in [0.1, 0.15) is 24.8 Å². The Morgan fingerprint density at radius 2 is 2.18 bits per heavy atom. The van der Waals surface area contributed by atoms with Gasteiger partial charge >= 0.3 is 5.97 Å². The highest BCUT2D eigenvalue weighted by Gasteiger charge is 2.34. The minimum Gasteiger partial charge on any atom is -0.493 e. The number of ether oxygens (including phenoxy) is 3. The number of carbonyl (C=O) groups is 1. The maximum atomic E-state index is 12.4. The second-order valence-corrected chi connectivity index (χ2v) is 5.74. The second kappa shape index (κ2) is 7.11. The Kier molecular flexibility index (Phi) is 4.95. The third kappa shape index (κ3) is 3.42. The van der Waals surface area contributed by atoms with E-state index in [1.165, 1.54) is 0 Å². The van der Waals surface area contributed by atoms with Crippen LogP contribution in [0.15, 0.2) is 24.3 Å². The molecule has 1 atom stereocenters. The van der Waals surface area contributed by atoms with Crippen LogP contribution in [0.2, 0.25) is 0 Å². The number of carbonyl (C=O) groups excluding carboxylic acids is 1. The molecular formula is C17H23NO4. The highest BCUT2D eigenvalue weighted by molar-refractivity contribution is 5.79. The minimum atomic E-state index is -0.192. The molecule has 0 N–H and O–H groups in total. The molecule has 120 valence electrons. The molecule has 3 rings (SSSR count). The van der Waals surface area contributed by atoms with Crippen molar-refractivity contribution in [3.63, 3.8) is 0 Å². The predicted molar refractivity (Wildman–Crippen MR) is 82.1 cm³/mol. The maximum absolute atomic E-state index is 12.4. The molecule has 5 nitrogen and oxygen atoms in total. The largest absolute Gasteiger partial charge is 0.493 e. The van der Waals surface area contributed by atoms with Gasteiger partial charge in [0, 0.05) is 31.8 Å². The van der Waals surface area contributed by atoms with E-state index in [1.807, 2.05) is 31.2 Å².